The van der Waals surface area contributed by atoms with E-state index in [0.29, 0.717) is 5.92 Å². The van der Waals surface area contributed by atoms with Gasteiger partial charge in [-0.25, -0.2) is 4.98 Å². The second kappa shape index (κ2) is 3.23. The topological polar surface area (TPSA) is 56.7 Å². The third kappa shape index (κ3) is 1.64. The van der Waals surface area contributed by atoms with Crippen molar-refractivity contribution in [3.63, 3.8) is 0 Å². The molecule has 0 aliphatic carbocycles. The molecule has 0 spiro atoms. The molecule has 1 heterocycles. The van der Waals surface area contributed by atoms with Gasteiger partial charge in [-0.05, 0) is 12.8 Å². The molecule has 0 fully saturated rings. The van der Waals surface area contributed by atoms with E-state index >= 15 is 0 Å². The van der Waals surface area contributed by atoms with Gasteiger partial charge >= 0.3 is 0 Å². The van der Waals surface area contributed by atoms with Gasteiger partial charge in [-0.2, -0.15) is 5.10 Å². The highest BCUT2D eigenvalue weighted by Gasteiger charge is 2.15. The average Bonchev–Trinajstić information content (AvgIpc) is 2.30. The first-order valence-electron chi connectivity index (χ1n) is 4.15. The summed E-state index contributed by atoms with van der Waals surface area (Å²) in [5, 5.41) is 4.21. The minimum Gasteiger partial charge on any atom is -0.321 e. The van der Waals surface area contributed by atoms with Gasteiger partial charge in [0.05, 0.1) is 6.04 Å². The second-order valence-corrected chi connectivity index (χ2v) is 3.41. The van der Waals surface area contributed by atoms with Crippen LogP contribution >= 0.6 is 0 Å². The Kier molecular flexibility index (Phi) is 2.47. The Morgan fingerprint density at radius 2 is 2.00 bits per heavy atom. The quantitative estimate of drug-likeness (QED) is 0.710. The molecule has 0 radical (unpaired) electrons. The fourth-order valence-electron chi connectivity index (χ4n) is 0.926. The van der Waals surface area contributed by atoms with Gasteiger partial charge in [0.2, 0.25) is 0 Å². The van der Waals surface area contributed by atoms with Crippen LogP contribution in [0.3, 0.4) is 0 Å². The summed E-state index contributed by atoms with van der Waals surface area (Å²) in [5.41, 5.74) is 5.88. The first kappa shape index (κ1) is 9.19. The maximum Gasteiger partial charge on any atom is 0.167 e. The number of rotatable bonds is 2. The van der Waals surface area contributed by atoms with Gasteiger partial charge in [0.25, 0.3) is 0 Å². The summed E-state index contributed by atoms with van der Waals surface area (Å²) in [5.74, 6) is 2.03. The van der Waals surface area contributed by atoms with Crippen LogP contribution in [0.4, 0.5) is 0 Å². The highest BCUT2D eigenvalue weighted by Crippen LogP contribution is 2.14. The zero-order valence-electron chi connectivity index (χ0n) is 8.07. The third-order valence-electron chi connectivity index (χ3n) is 2.01. The Hall–Kier alpha value is -0.900. The lowest BCUT2D eigenvalue weighted by Crippen LogP contribution is -2.18. The van der Waals surface area contributed by atoms with Crippen LogP contribution in [0.15, 0.2) is 0 Å². The molecule has 1 unspecified atom stereocenters. The van der Waals surface area contributed by atoms with E-state index in [-0.39, 0.29) is 6.04 Å². The van der Waals surface area contributed by atoms with Gasteiger partial charge in [0.1, 0.15) is 5.82 Å². The molecule has 4 heteroatoms. The van der Waals surface area contributed by atoms with Gasteiger partial charge < -0.3 is 5.73 Å². The van der Waals surface area contributed by atoms with Crippen LogP contribution in [-0.2, 0) is 7.05 Å². The molecule has 0 aliphatic rings. The summed E-state index contributed by atoms with van der Waals surface area (Å²) in [6, 6.07) is -0.0510. The molecule has 0 saturated carbocycles. The first-order valence-corrected chi connectivity index (χ1v) is 4.15. The largest absolute Gasteiger partial charge is 0.321 e. The summed E-state index contributed by atoms with van der Waals surface area (Å²) in [6.45, 7) is 6.05. The van der Waals surface area contributed by atoms with Crippen molar-refractivity contribution < 1.29 is 0 Å². The van der Waals surface area contributed by atoms with Gasteiger partial charge in [-0.3, -0.25) is 4.68 Å². The van der Waals surface area contributed by atoms with Crippen LogP contribution in [0.25, 0.3) is 0 Å². The summed E-state index contributed by atoms with van der Waals surface area (Å²) >= 11 is 0. The normalized spacial score (nSPS) is 13.8. The summed E-state index contributed by atoms with van der Waals surface area (Å²) < 4.78 is 1.75. The van der Waals surface area contributed by atoms with E-state index in [1.807, 2.05) is 14.0 Å². The third-order valence-corrected chi connectivity index (χ3v) is 2.01. The number of aromatic nitrogens is 3. The van der Waals surface area contributed by atoms with Gasteiger partial charge in [-0.1, -0.05) is 13.8 Å². The monoisotopic (exact) mass is 168 g/mol. The van der Waals surface area contributed by atoms with Crippen molar-refractivity contribution in [1.82, 2.24) is 14.8 Å². The van der Waals surface area contributed by atoms with Gasteiger partial charge in [-0.15, -0.1) is 0 Å². The molecule has 2 N–H and O–H groups in total. The highest BCUT2D eigenvalue weighted by atomic mass is 15.3. The molecule has 1 aromatic heterocycles. The molecule has 68 valence electrons. The molecule has 0 bridgehead atoms. The van der Waals surface area contributed by atoms with Crippen molar-refractivity contribution in [2.45, 2.75) is 26.8 Å². The van der Waals surface area contributed by atoms with Crippen molar-refractivity contribution in [3.05, 3.63) is 11.6 Å². The Morgan fingerprint density at radius 3 is 2.33 bits per heavy atom. The molecule has 0 aromatic carbocycles. The Bertz CT molecular complexity index is 245. The Balaban J connectivity index is 2.89. The number of aryl methyl sites for hydroxylation is 2. The highest BCUT2D eigenvalue weighted by molar-refractivity contribution is 4.96. The predicted molar refractivity (Wildman–Crippen MR) is 47.5 cm³/mol. The maximum absolute atomic E-state index is 5.88. The van der Waals surface area contributed by atoms with Crippen LogP contribution in [0.5, 0.6) is 0 Å². The van der Waals surface area contributed by atoms with Crippen molar-refractivity contribution in [3.8, 4) is 0 Å². The minimum absolute atomic E-state index is 0.0510. The Morgan fingerprint density at radius 1 is 1.42 bits per heavy atom. The lowest BCUT2D eigenvalue weighted by molar-refractivity contribution is 0.487. The molecule has 0 saturated heterocycles. The van der Waals surface area contributed by atoms with Crippen molar-refractivity contribution in [2.75, 3.05) is 0 Å². The lowest BCUT2D eigenvalue weighted by Gasteiger charge is -2.10. The predicted octanol–water partition coefficient (Wildman–Crippen LogP) is 0.779. The van der Waals surface area contributed by atoms with Crippen molar-refractivity contribution in [2.24, 2.45) is 18.7 Å². The molecule has 0 amide bonds. The van der Waals surface area contributed by atoms with E-state index in [4.69, 9.17) is 5.73 Å². The van der Waals surface area contributed by atoms with E-state index < -0.39 is 0 Å². The maximum atomic E-state index is 5.88. The average molecular weight is 168 g/mol. The van der Waals surface area contributed by atoms with Gasteiger partial charge in [0.15, 0.2) is 5.82 Å². The first-order chi connectivity index (χ1) is 5.52. The molecule has 0 aliphatic heterocycles. The molecule has 1 aromatic rings. The van der Waals surface area contributed by atoms with Crippen LogP contribution in [0.1, 0.15) is 31.5 Å². The number of nitrogens with two attached hydrogens (primary N) is 1. The SMILES string of the molecule is Cc1nc(C(N)C(C)C)nn1C. The van der Waals surface area contributed by atoms with Crippen LogP contribution in [0, 0.1) is 12.8 Å². The van der Waals surface area contributed by atoms with E-state index in [2.05, 4.69) is 23.9 Å². The molecular weight excluding hydrogens is 152 g/mol. The van der Waals surface area contributed by atoms with E-state index in [0.717, 1.165) is 11.6 Å². The van der Waals surface area contributed by atoms with Crippen molar-refractivity contribution >= 4 is 0 Å². The van der Waals surface area contributed by atoms with Gasteiger partial charge in [0, 0.05) is 7.05 Å². The molecular formula is C8H16N4. The van der Waals surface area contributed by atoms with Crippen molar-refractivity contribution in [1.29, 1.82) is 0 Å². The molecule has 12 heavy (non-hydrogen) atoms. The fourth-order valence-corrected chi connectivity index (χ4v) is 0.926. The number of nitrogens with zero attached hydrogens (tertiary/aromatic N) is 3. The van der Waals surface area contributed by atoms with E-state index in [9.17, 15) is 0 Å². The zero-order valence-corrected chi connectivity index (χ0v) is 8.07. The number of hydrogen-bond acceptors (Lipinski definition) is 3. The zero-order chi connectivity index (χ0) is 9.30. The summed E-state index contributed by atoms with van der Waals surface area (Å²) in [6.07, 6.45) is 0. The molecule has 1 rings (SSSR count). The molecule has 1 atom stereocenters. The molecule has 4 nitrogen and oxygen atoms in total. The summed E-state index contributed by atoms with van der Waals surface area (Å²) in [7, 11) is 1.87. The van der Waals surface area contributed by atoms with Crippen LogP contribution in [-0.4, -0.2) is 14.8 Å². The van der Waals surface area contributed by atoms with Crippen LogP contribution < -0.4 is 5.73 Å². The fraction of sp³-hybridized carbons (Fsp3) is 0.750. The van der Waals surface area contributed by atoms with Crippen LogP contribution in [0.2, 0.25) is 0 Å². The second-order valence-electron chi connectivity index (χ2n) is 3.41. The van der Waals surface area contributed by atoms with E-state index in [1.165, 1.54) is 0 Å². The minimum atomic E-state index is -0.0510. The number of hydrogen-bond donors (Lipinski definition) is 1. The Labute approximate surface area is 72.8 Å². The smallest absolute Gasteiger partial charge is 0.167 e. The standard InChI is InChI=1S/C8H16N4/c1-5(2)7(9)8-10-6(3)12(4)11-8/h5,7H,9H2,1-4H3. The summed E-state index contributed by atoms with van der Waals surface area (Å²) in [4.78, 5) is 4.26. The lowest BCUT2D eigenvalue weighted by atomic mass is 10.1. The van der Waals surface area contributed by atoms with E-state index in [1.54, 1.807) is 4.68 Å².